The summed E-state index contributed by atoms with van der Waals surface area (Å²) in [6, 6.07) is 35.5. The number of anilines is 1. The maximum absolute atomic E-state index is 12.6. The summed E-state index contributed by atoms with van der Waals surface area (Å²) in [5.41, 5.74) is 7.32. The van der Waals surface area contributed by atoms with Gasteiger partial charge in [0.25, 0.3) is 0 Å². The third-order valence-electron chi connectivity index (χ3n) is 7.93. The summed E-state index contributed by atoms with van der Waals surface area (Å²) < 4.78 is 43.9. The van der Waals surface area contributed by atoms with Crippen LogP contribution in [0.25, 0.3) is 11.1 Å². The van der Waals surface area contributed by atoms with Gasteiger partial charge in [0.05, 0.1) is 23.6 Å². The number of ether oxygens (including phenoxy) is 3. The Morgan fingerprint density at radius 2 is 1.40 bits per heavy atom. The van der Waals surface area contributed by atoms with Gasteiger partial charge < -0.3 is 24.6 Å². The van der Waals surface area contributed by atoms with Gasteiger partial charge in [-0.25, -0.2) is 13.2 Å². The van der Waals surface area contributed by atoms with Crippen molar-refractivity contribution in [1.82, 2.24) is 5.32 Å². The molecule has 5 aromatic carbocycles. The first-order valence-electron chi connectivity index (χ1n) is 16.3. The molecule has 0 aromatic heterocycles. The van der Waals surface area contributed by atoms with E-state index in [0.717, 1.165) is 45.4 Å². The molecule has 9 nitrogen and oxygen atoms in total. The Hall–Kier alpha value is -5.16. The molecule has 0 radical (unpaired) electrons. The number of benzene rings is 5. The Morgan fingerprint density at radius 1 is 0.780 bits per heavy atom. The zero-order valence-electron chi connectivity index (χ0n) is 28.4. The van der Waals surface area contributed by atoms with Crippen LogP contribution in [0.2, 0.25) is 0 Å². The minimum absolute atomic E-state index is 0.225. The van der Waals surface area contributed by atoms with Crippen LogP contribution < -0.4 is 19.5 Å². The normalized spacial score (nSPS) is 11.8. The number of hydrogen-bond acceptors (Lipinski definition) is 8. The molecule has 0 unspecified atom stereocenters. The molecule has 10 heteroatoms. The molecule has 0 spiro atoms. The molecule has 0 aliphatic carbocycles. The second-order valence-electron chi connectivity index (χ2n) is 12.0. The lowest BCUT2D eigenvalue weighted by atomic mass is 9.95. The molecule has 0 aliphatic heterocycles. The Kier molecular flexibility index (Phi) is 12.3. The first kappa shape index (κ1) is 36.1. The highest BCUT2D eigenvalue weighted by Crippen LogP contribution is 2.32. The van der Waals surface area contributed by atoms with E-state index in [-0.39, 0.29) is 31.4 Å². The van der Waals surface area contributed by atoms with Crippen molar-refractivity contribution in [2.45, 2.75) is 33.2 Å². The molecule has 3 N–H and O–H groups in total. The van der Waals surface area contributed by atoms with Crippen LogP contribution in [0.4, 0.5) is 5.69 Å². The van der Waals surface area contributed by atoms with E-state index in [9.17, 15) is 18.3 Å². The smallest absolute Gasteiger partial charge is 0.338 e. The van der Waals surface area contributed by atoms with E-state index in [4.69, 9.17) is 14.2 Å². The fourth-order valence-electron chi connectivity index (χ4n) is 5.54. The SMILES string of the molecule is Cc1cc(OCCNC[C@H](O)c2ccc(OCc3ccccc3)c(NS(C)(=O)=O)c2)cc(C)c1-c1ccc(C(=O)OCc2ccccc2)cc1. The molecule has 0 heterocycles. The highest BCUT2D eigenvalue weighted by atomic mass is 32.2. The van der Waals surface area contributed by atoms with E-state index in [1.165, 1.54) is 0 Å². The quantitative estimate of drug-likeness (QED) is 0.0747. The first-order chi connectivity index (χ1) is 24.1. The van der Waals surface area contributed by atoms with Gasteiger partial charge in [-0.2, -0.15) is 0 Å². The minimum atomic E-state index is -3.58. The van der Waals surface area contributed by atoms with Gasteiger partial charge in [-0.3, -0.25) is 4.72 Å². The molecule has 50 heavy (non-hydrogen) atoms. The number of aliphatic hydroxyl groups is 1. The largest absolute Gasteiger partial charge is 0.492 e. The van der Waals surface area contributed by atoms with Crippen molar-refractivity contribution >= 4 is 21.7 Å². The second kappa shape index (κ2) is 17.0. The third-order valence-corrected chi connectivity index (χ3v) is 8.53. The van der Waals surface area contributed by atoms with Crippen LogP contribution in [0.3, 0.4) is 0 Å². The number of nitrogens with one attached hydrogen (secondary N) is 2. The molecule has 5 aromatic rings. The average molecular weight is 695 g/mol. The van der Waals surface area contributed by atoms with Crippen molar-refractivity contribution in [2.75, 3.05) is 30.7 Å². The zero-order valence-corrected chi connectivity index (χ0v) is 29.2. The van der Waals surface area contributed by atoms with Crippen LogP contribution in [0, 0.1) is 13.8 Å². The molecule has 0 saturated carbocycles. The maximum atomic E-state index is 12.6. The maximum Gasteiger partial charge on any atom is 0.338 e. The molecule has 0 fully saturated rings. The number of carbonyl (C=O) groups excluding carboxylic acids is 1. The summed E-state index contributed by atoms with van der Waals surface area (Å²) in [7, 11) is -3.58. The highest BCUT2D eigenvalue weighted by Gasteiger charge is 2.15. The average Bonchev–Trinajstić information content (AvgIpc) is 3.10. The van der Waals surface area contributed by atoms with Gasteiger partial charge in [-0.05, 0) is 89.2 Å². The predicted molar refractivity (Wildman–Crippen MR) is 196 cm³/mol. The Balaban J connectivity index is 1.11. The van der Waals surface area contributed by atoms with E-state index in [1.807, 2.05) is 98.8 Å². The molecule has 1 atom stereocenters. The van der Waals surface area contributed by atoms with Crippen molar-refractivity contribution < 1.29 is 32.5 Å². The van der Waals surface area contributed by atoms with Gasteiger partial charge in [0.1, 0.15) is 31.3 Å². The monoisotopic (exact) mass is 694 g/mol. The molecule has 0 aliphatic rings. The fraction of sp³-hybridized carbons (Fsp3) is 0.225. The number of hydrogen-bond donors (Lipinski definition) is 3. The van der Waals surface area contributed by atoms with Crippen molar-refractivity contribution in [1.29, 1.82) is 0 Å². The second-order valence-corrected chi connectivity index (χ2v) is 13.8. The van der Waals surface area contributed by atoms with Crippen LogP contribution >= 0.6 is 0 Å². The molecule has 0 saturated heterocycles. The molecule has 260 valence electrons. The van der Waals surface area contributed by atoms with E-state index >= 15 is 0 Å². The number of carbonyl (C=O) groups is 1. The van der Waals surface area contributed by atoms with Gasteiger partial charge in [-0.15, -0.1) is 0 Å². The van der Waals surface area contributed by atoms with E-state index in [2.05, 4.69) is 10.0 Å². The zero-order chi connectivity index (χ0) is 35.5. The summed E-state index contributed by atoms with van der Waals surface area (Å²) in [5.74, 6) is 0.730. The van der Waals surface area contributed by atoms with E-state index in [1.54, 1.807) is 30.3 Å². The molecule has 5 rings (SSSR count). The molecule has 0 amide bonds. The Bertz CT molecular complexity index is 1960. The standard InChI is InChI=1S/C40H42N2O7S/c1-28-22-35(23-29(2)39(28)32-14-16-33(17-15-32)40(44)49-27-31-12-8-5-9-13-31)47-21-20-41-25-37(43)34-18-19-38(36(24-34)42-50(3,45)46)48-26-30-10-6-4-7-11-30/h4-19,22-24,37,41-43H,20-21,25-27H2,1-3H3/t37-/m0/s1. The van der Waals surface area contributed by atoms with Crippen LogP contribution in [0.5, 0.6) is 11.5 Å². The molecule has 0 bridgehead atoms. The summed E-state index contributed by atoms with van der Waals surface area (Å²) in [6.07, 6.45) is 0.180. The molecular formula is C40H42N2O7S. The number of aliphatic hydroxyl groups excluding tert-OH is 1. The van der Waals surface area contributed by atoms with Crippen LogP contribution in [0.15, 0.2) is 115 Å². The van der Waals surface area contributed by atoms with Gasteiger partial charge in [0.2, 0.25) is 10.0 Å². The highest BCUT2D eigenvalue weighted by molar-refractivity contribution is 7.92. The van der Waals surface area contributed by atoms with Crippen molar-refractivity contribution in [3.8, 4) is 22.6 Å². The van der Waals surface area contributed by atoms with E-state index < -0.39 is 16.1 Å². The minimum Gasteiger partial charge on any atom is -0.492 e. The molecular weight excluding hydrogens is 653 g/mol. The summed E-state index contributed by atoms with van der Waals surface area (Å²) >= 11 is 0. The Morgan fingerprint density at radius 3 is 2.02 bits per heavy atom. The van der Waals surface area contributed by atoms with Gasteiger partial charge >= 0.3 is 5.97 Å². The number of esters is 1. The van der Waals surface area contributed by atoms with Crippen molar-refractivity contribution in [3.63, 3.8) is 0 Å². The fourth-order valence-corrected chi connectivity index (χ4v) is 6.09. The summed E-state index contributed by atoms with van der Waals surface area (Å²) in [4.78, 5) is 12.6. The summed E-state index contributed by atoms with van der Waals surface area (Å²) in [5, 5.41) is 14.0. The first-order valence-corrected chi connectivity index (χ1v) is 18.2. The van der Waals surface area contributed by atoms with Crippen LogP contribution in [-0.4, -0.2) is 45.4 Å². The van der Waals surface area contributed by atoms with Crippen LogP contribution in [-0.2, 0) is 28.0 Å². The summed E-state index contributed by atoms with van der Waals surface area (Å²) in [6.45, 7) is 5.63. The van der Waals surface area contributed by atoms with Crippen molar-refractivity contribution in [2.24, 2.45) is 0 Å². The van der Waals surface area contributed by atoms with Gasteiger partial charge in [-0.1, -0.05) is 78.9 Å². The number of rotatable bonds is 16. The van der Waals surface area contributed by atoms with E-state index in [0.29, 0.717) is 30.0 Å². The number of sulfonamides is 1. The number of aryl methyl sites for hydroxylation is 2. The third kappa shape index (κ3) is 10.4. The van der Waals surface area contributed by atoms with Crippen molar-refractivity contribution in [3.05, 3.63) is 149 Å². The predicted octanol–water partition coefficient (Wildman–Crippen LogP) is 6.98. The van der Waals surface area contributed by atoms with Crippen LogP contribution in [0.1, 0.15) is 44.3 Å². The lowest BCUT2D eigenvalue weighted by Gasteiger charge is -2.17. The topological polar surface area (TPSA) is 123 Å². The Labute approximate surface area is 293 Å². The van der Waals surface area contributed by atoms with Gasteiger partial charge in [0.15, 0.2) is 0 Å². The lowest BCUT2D eigenvalue weighted by molar-refractivity contribution is 0.0472. The van der Waals surface area contributed by atoms with Gasteiger partial charge in [0, 0.05) is 13.1 Å². The lowest BCUT2D eigenvalue weighted by Crippen LogP contribution is -2.26.